The molecule has 0 saturated carbocycles. The first-order valence-electron chi connectivity index (χ1n) is 8.21. The van der Waals surface area contributed by atoms with Gasteiger partial charge in [0.25, 0.3) is 0 Å². The van der Waals surface area contributed by atoms with Crippen molar-refractivity contribution in [2.75, 3.05) is 31.1 Å². The summed E-state index contributed by atoms with van der Waals surface area (Å²) in [4.78, 5) is 7.02. The molecule has 0 bridgehead atoms. The average Bonchev–Trinajstić information content (AvgIpc) is 2.49. The van der Waals surface area contributed by atoms with Crippen LogP contribution in [0.15, 0.2) is 18.3 Å². The zero-order valence-corrected chi connectivity index (χ0v) is 13.6. The van der Waals surface area contributed by atoms with Gasteiger partial charge >= 0.3 is 0 Å². The maximum absolute atomic E-state index is 5.73. The van der Waals surface area contributed by atoms with E-state index >= 15 is 0 Å². The molecule has 4 heteroatoms. The molecule has 1 aromatic rings. The molecule has 0 unspecified atom stereocenters. The normalized spacial score (nSPS) is 16.7. The second kappa shape index (κ2) is 8.35. The third-order valence-electron chi connectivity index (χ3n) is 3.88. The first-order chi connectivity index (χ1) is 10.2. The zero-order valence-electron chi connectivity index (χ0n) is 13.6. The molecular weight excluding hydrogens is 262 g/mol. The molecular formula is C17H29N3O. The van der Waals surface area contributed by atoms with Crippen molar-refractivity contribution >= 4 is 5.82 Å². The van der Waals surface area contributed by atoms with Gasteiger partial charge in [-0.1, -0.05) is 19.9 Å². The topological polar surface area (TPSA) is 37.4 Å². The van der Waals surface area contributed by atoms with Crippen LogP contribution in [-0.2, 0) is 11.3 Å². The van der Waals surface area contributed by atoms with E-state index in [9.17, 15) is 0 Å². The van der Waals surface area contributed by atoms with Crippen LogP contribution in [0.3, 0.4) is 0 Å². The van der Waals surface area contributed by atoms with Crippen molar-refractivity contribution in [3.05, 3.63) is 23.9 Å². The molecule has 21 heavy (non-hydrogen) atoms. The van der Waals surface area contributed by atoms with Crippen LogP contribution in [0, 0.1) is 5.92 Å². The summed E-state index contributed by atoms with van der Waals surface area (Å²) in [5.41, 5.74) is 1.30. The van der Waals surface area contributed by atoms with E-state index in [0.29, 0.717) is 12.0 Å². The molecule has 0 spiro atoms. The van der Waals surface area contributed by atoms with Crippen molar-refractivity contribution in [2.45, 2.75) is 46.3 Å². The molecule has 118 valence electrons. The van der Waals surface area contributed by atoms with E-state index in [1.54, 1.807) is 0 Å². The Morgan fingerprint density at radius 1 is 1.38 bits per heavy atom. The van der Waals surface area contributed by atoms with Crippen LogP contribution in [0.2, 0.25) is 0 Å². The third kappa shape index (κ3) is 4.97. The maximum atomic E-state index is 5.73. The highest BCUT2D eigenvalue weighted by Gasteiger charge is 2.21. The molecule has 0 aliphatic carbocycles. The van der Waals surface area contributed by atoms with Crippen LogP contribution in [0.5, 0.6) is 0 Å². The molecule has 2 rings (SSSR count). The van der Waals surface area contributed by atoms with E-state index in [1.165, 1.54) is 5.56 Å². The predicted octanol–water partition coefficient (Wildman–Crippen LogP) is 2.83. The molecule has 0 radical (unpaired) electrons. The van der Waals surface area contributed by atoms with Crippen LogP contribution in [0.4, 0.5) is 5.82 Å². The number of nitrogens with one attached hydrogen (secondary N) is 1. The van der Waals surface area contributed by atoms with Gasteiger partial charge in [-0.3, -0.25) is 0 Å². The van der Waals surface area contributed by atoms with Crippen molar-refractivity contribution in [3.8, 4) is 0 Å². The van der Waals surface area contributed by atoms with E-state index in [-0.39, 0.29) is 0 Å². The minimum Gasteiger partial charge on any atom is -0.378 e. The van der Waals surface area contributed by atoms with Crippen molar-refractivity contribution < 1.29 is 4.74 Å². The van der Waals surface area contributed by atoms with Crippen LogP contribution < -0.4 is 10.2 Å². The maximum Gasteiger partial charge on any atom is 0.133 e. The monoisotopic (exact) mass is 291 g/mol. The number of ether oxygens (including phenoxy) is 1. The first-order valence-corrected chi connectivity index (χ1v) is 8.21. The smallest absolute Gasteiger partial charge is 0.133 e. The summed E-state index contributed by atoms with van der Waals surface area (Å²) in [5, 5.41) is 3.52. The minimum absolute atomic E-state index is 0.428. The van der Waals surface area contributed by atoms with E-state index in [1.807, 2.05) is 12.3 Å². The number of hydrogen-bond donors (Lipinski definition) is 1. The minimum atomic E-state index is 0.428. The second-order valence-electron chi connectivity index (χ2n) is 6.15. The Morgan fingerprint density at radius 3 is 2.81 bits per heavy atom. The summed E-state index contributed by atoms with van der Waals surface area (Å²) >= 11 is 0. The largest absolute Gasteiger partial charge is 0.378 e. The van der Waals surface area contributed by atoms with Gasteiger partial charge in [-0.05, 0) is 38.3 Å². The van der Waals surface area contributed by atoms with Crippen LogP contribution in [-0.4, -0.2) is 37.3 Å². The fourth-order valence-electron chi connectivity index (χ4n) is 2.82. The van der Waals surface area contributed by atoms with E-state index in [4.69, 9.17) is 4.74 Å². The second-order valence-corrected chi connectivity index (χ2v) is 6.15. The lowest BCUT2D eigenvalue weighted by atomic mass is 10.1. The average molecular weight is 291 g/mol. The van der Waals surface area contributed by atoms with Crippen LogP contribution in [0.1, 0.15) is 39.2 Å². The lowest BCUT2D eigenvalue weighted by Crippen LogP contribution is -2.38. The quantitative estimate of drug-likeness (QED) is 0.838. The molecule has 1 aliphatic rings. The Kier molecular flexibility index (Phi) is 6.46. The SMILES string of the molecule is CCOC1CCN(c2ncccc2CNCC(C)C)CC1. The summed E-state index contributed by atoms with van der Waals surface area (Å²) < 4.78 is 5.73. The number of pyridine rings is 1. The highest BCUT2D eigenvalue weighted by molar-refractivity contribution is 5.47. The Labute approximate surface area is 128 Å². The van der Waals surface area contributed by atoms with Gasteiger partial charge in [0.2, 0.25) is 0 Å². The van der Waals surface area contributed by atoms with Gasteiger partial charge in [0.15, 0.2) is 0 Å². The van der Waals surface area contributed by atoms with Gasteiger partial charge in [0, 0.05) is 38.0 Å². The molecule has 4 nitrogen and oxygen atoms in total. The van der Waals surface area contributed by atoms with Gasteiger partial charge in [0.1, 0.15) is 5.82 Å². The van der Waals surface area contributed by atoms with E-state index in [0.717, 1.165) is 51.4 Å². The van der Waals surface area contributed by atoms with Gasteiger partial charge in [-0.2, -0.15) is 0 Å². The Bertz CT molecular complexity index is 414. The Balaban J connectivity index is 1.93. The van der Waals surface area contributed by atoms with E-state index < -0.39 is 0 Å². The summed E-state index contributed by atoms with van der Waals surface area (Å²) in [6.45, 7) is 11.4. The number of nitrogens with zero attached hydrogens (tertiary/aromatic N) is 2. The molecule has 1 N–H and O–H groups in total. The standard InChI is InChI=1S/C17H29N3O/c1-4-21-16-7-10-20(11-8-16)17-15(6-5-9-19-17)13-18-12-14(2)3/h5-6,9,14,16,18H,4,7-8,10-13H2,1-3H3. The van der Waals surface area contributed by atoms with Crippen LogP contribution in [0.25, 0.3) is 0 Å². The molecule has 2 heterocycles. The van der Waals surface area contributed by atoms with Gasteiger partial charge < -0.3 is 15.0 Å². The Morgan fingerprint density at radius 2 is 2.14 bits per heavy atom. The molecule has 1 aromatic heterocycles. The van der Waals surface area contributed by atoms with Crippen LogP contribution >= 0.6 is 0 Å². The highest BCUT2D eigenvalue weighted by Crippen LogP contribution is 2.22. The number of aromatic nitrogens is 1. The van der Waals surface area contributed by atoms with E-state index in [2.05, 4.69) is 42.0 Å². The van der Waals surface area contributed by atoms with Crippen molar-refractivity contribution in [2.24, 2.45) is 5.92 Å². The molecule has 1 aliphatic heterocycles. The summed E-state index contributed by atoms with van der Waals surface area (Å²) in [6.07, 6.45) is 4.53. The van der Waals surface area contributed by atoms with Gasteiger partial charge in [-0.25, -0.2) is 4.98 Å². The highest BCUT2D eigenvalue weighted by atomic mass is 16.5. The van der Waals surface area contributed by atoms with Crippen molar-refractivity contribution in [1.29, 1.82) is 0 Å². The lowest BCUT2D eigenvalue weighted by molar-refractivity contribution is 0.0458. The summed E-state index contributed by atoms with van der Waals surface area (Å²) in [7, 11) is 0. The zero-order chi connectivity index (χ0) is 15.1. The van der Waals surface area contributed by atoms with Gasteiger partial charge in [-0.15, -0.1) is 0 Å². The number of piperidine rings is 1. The summed E-state index contributed by atoms with van der Waals surface area (Å²) in [5.74, 6) is 1.82. The lowest BCUT2D eigenvalue weighted by Gasteiger charge is -2.33. The molecule has 1 fully saturated rings. The molecule has 0 amide bonds. The summed E-state index contributed by atoms with van der Waals surface area (Å²) in [6, 6.07) is 4.22. The Hall–Kier alpha value is -1.13. The fraction of sp³-hybridized carbons (Fsp3) is 0.706. The molecule has 0 aromatic carbocycles. The van der Waals surface area contributed by atoms with Crippen molar-refractivity contribution in [1.82, 2.24) is 10.3 Å². The molecule has 1 saturated heterocycles. The third-order valence-corrected chi connectivity index (χ3v) is 3.88. The molecule has 0 atom stereocenters. The number of hydrogen-bond acceptors (Lipinski definition) is 4. The fourth-order valence-corrected chi connectivity index (χ4v) is 2.82. The number of anilines is 1. The van der Waals surface area contributed by atoms with Crippen molar-refractivity contribution in [3.63, 3.8) is 0 Å². The predicted molar refractivity (Wildman–Crippen MR) is 87.6 cm³/mol. The number of rotatable bonds is 7. The van der Waals surface area contributed by atoms with Gasteiger partial charge in [0.05, 0.1) is 6.10 Å². The first kappa shape index (κ1) is 16.2.